The van der Waals surface area contributed by atoms with Crippen molar-refractivity contribution in [3.05, 3.63) is 76.9 Å². The zero-order chi connectivity index (χ0) is 21.8. The monoisotopic (exact) mass is 419 g/mol. The van der Waals surface area contributed by atoms with Gasteiger partial charge in [-0.05, 0) is 67.8 Å². The summed E-state index contributed by atoms with van der Waals surface area (Å²) in [5.41, 5.74) is 2.66. The number of aromatic nitrogens is 3. The lowest BCUT2D eigenvalue weighted by Crippen LogP contribution is -2.26. The average Bonchev–Trinajstić information content (AvgIpc) is 3.49. The molecular formula is C23H22FN5O2. The molecule has 1 saturated carbocycles. The summed E-state index contributed by atoms with van der Waals surface area (Å²) in [4.78, 5) is 24.7. The maximum absolute atomic E-state index is 13.2. The van der Waals surface area contributed by atoms with E-state index in [0.29, 0.717) is 23.5 Å². The van der Waals surface area contributed by atoms with E-state index < -0.39 is 0 Å². The molecular weight excluding hydrogens is 397 g/mol. The van der Waals surface area contributed by atoms with Crippen molar-refractivity contribution in [2.75, 3.05) is 6.54 Å². The van der Waals surface area contributed by atoms with Crippen LogP contribution in [0.1, 0.15) is 51.9 Å². The minimum absolute atomic E-state index is 0.159. The van der Waals surface area contributed by atoms with Crippen molar-refractivity contribution in [2.45, 2.75) is 25.8 Å². The maximum atomic E-state index is 13.2. The van der Waals surface area contributed by atoms with Gasteiger partial charge in [0.15, 0.2) is 5.69 Å². The van der Waals surface area contributed by atoms with Gasteiger partial charge in [-0.25, -0.2) is 9.07 Å². The quantitative estimate of drug-likeness (QED) is 0.615. The lowest BCUT2D eigenvalue weighted by molar-refractivity contribution is 0.0941. The minimum atomic E-state index is -0.319. The molecule has 0 unspecified atom stereocenters. The van der Waals surface area contributed by atoms with Gasteiger partial charge < -0.3 is 10.6 Å². The molecule has 2 N–H and O–H groups in total. The second-order valence-electron chi connectivity index (χ2n) is 7.27. The van der Waals surface area contributed by atoms with Gasteiger partial charge in [0.25, 0.3) is 11.8 Å². The topological polar surface area (TPSA) is 88.9 Å². The first-order valence-corrected chi connectivity index (χ1v) is 10.1. The Labute approximate surface area is 179 Å². The van der Waals surface area contributed by atoms with Crippen molar-refractivity contribution in [3.8, 4) is 5.69 Å². The zero-order valence-electron chi connectivity index (χ0n) is 17.0. The van der Waals surface area contributed by atoms with Crippen LogP contribution in [0.5, 0.6) is 0 Å². The largest absolute Gasteiger partial charge is 0.352 e. The Morgan fingerprint density at radius 1 is 1.06 bits per heavy atom. The van der Waals surface area contributed by atoms with E-state index in [1.165, 1.54) is 12.1 Å². The van der Waals surface area contributed by atoms with Gasteiger partial charge in [-0.1, -0.05) is 23.4 Å². The van der Waals surface area contributed by atoms with Crippen LogP contribution in [0.25, 0.3) is 17.8 Å². The van der Waals surface area contributed by atoms with Crippen LogP contribution in [-0.4, -0.2) is 39.4 Å². The maximum Gasteiger partial charge on any atom is 0.274 e. The number of hydrogen-bond donors (Lipinski definition) is 2. The number of benzene rings is 2. The highest BCUT2D eigenvalue weighted by molar-refractivity contribution is 5.97. The van der Waals surface area contributed by atoms with Crippen LogP contribution in [0.4, 0.5) is 4.39 Å². The fourth-order valence-electron chi connectivity index (χ4n) is 3.04. The third-order valence-corrected chi connectivity index (χ3v) is 4.85. The lowest BCUT2D eigenvalue weighted by Gasteiger charge is -2.07. The fourth-order valence-corrected chi connectivity index (χ4v) is 3.04. The molecule has 2 amide bonds. The molecule has 0 bridgehead atoms. The van der Waals surface area contributed by atoms with E-state index in [1.807, 2.05) is 6.92 Å². The normalized spacial score (nSPS) is 13.4. The first-order valence-electron chi connectivity index (χ1n) is 10.1. The Bertz CT molecular complexity index is 1120. The summed E-state index contributed by atoms with van der Waals surface area (Å²) in [7, 11) is 0. The van der Waals surface area contributed by atoms with Crippen molar-refractivity contribution >= 4 is 24.0 Å². The Balaban J connectivity index is 1.68. The number of carbonyl (C=O) groups excluding carboxylic acids is 2. The lowest BCUT2D eigenvalue weighted by atomic mass is 10.1. The molecule has 0 aliphatic heterocycles. The Kier molecular flexibility index (Phi) is 5.88. The first kappa shape index (κ1) is 20.5. The van der Waals surface area contributed by atoms with Crippen LogP contribution in [-0.2, 0) is 0 Å². The highest BCUT2D eigenvalue weighted by Crippen LogP contribution is 2.21. The molecule has 7 nitrogen and oxygen atoms in total. The number of hydrogen-bond acceptors (Lipinski definition) is 4. The van der Waals surface area contributed by atoms with Crippen LogP contribution in [0.3, 0.4) is 0 Å². The van der Waals surface area contributed by atoms with E-state index in [0.717, 1.165) is 18.4 Å². The van der Waals surface area contributed by atoms with Gasteiger partial charge in [-0.3, -0.25) is 9.59 Å². The number of halogens is 1. The molecule has 3 aromatic rings. The molecule has 158 valence electrons. The van der Waals surface area contributed by atoms with Crippen LogP contribution >= 0.6 is 0 Å². The molecule has 0 saturated heterocycles. The molecule has 1 aliphatic carbocycles. The van der Waals surface area contributed by atoms with Gasteiger partial charge in [0.1, 0.15) is 11.5 Å². The minimum Gasteiger partial charge on any atom is -0.352 e. The number of nitrogens with zero attached hydrogens (tertiary/aromatic N) is 3. The highest BCUT2D eigenvalue weighted by Gasteiger charge is 2.27. The van der Waals surface area contributed by atoms with Crippen molar-refractivity contribution in [2.24, 2.45) is 0 Å². The average molecular weight is 419 g/mol. The molecule has 8 heteroatoms. The van der Waals surface area contributed by atoms with Crippen LogP contribution in [0.15, 0.2) is 48.5 Å². The second-order valence-corrected chi connectivity index (χ2v) is 7.27. The van der Waals surface area contributed by atoms with Crippen molar-refractivity contribution in [1.82, 2.24) is 25.6 Å². The van der Waals surface area contributed by atoms with Crippen molar-refractivity contribution in [1.29, 1.82) is 0 Å². The van der Waals surface area contributed by atoms with E-state index >= 15 is 0 Å². The van der Waals surface area contributed by atoms with Gasteiger partial charge in [-0.15, -0.1) is 5.10 Å². The number of carbonyl (C=O) groups is 2. The predicted octanol–water partition coefficient (Wildman–Crippen LogP) is 3.22. The molecule has 0 spiro atoms. The standard InChI is InChI=1S/C23H22FN5O2/c1-2-25-22(30)16-6-12-19(13-7-16)29-20(14-5-15-3-8-17(24)9-4-15)21(27-28-29)23(31)26-18-10-11-18/h3-9,12-14,18H,2,10-11H2,1H3,(H,25,30)(H,26,31). The highest BCUT2D eigenvalue weighted by atomic mass is 19.1. The molecule has 2 aromatic carbocycles. The fraction of sp³-hybridized carbons (Fsp3) is 0.217. The SMILES string of the molecule is CCNC(=O)c1ccc(-n2nnc(C(=O)NC3CC3)c2C=Cc2ccc(F)cc2)cc1. The summed E-state index contributed by atoms with van der Waals surface area (Å²) in [6.45, 7) is 2.40. The Hall–Kier alpha value is -3.81. The Morgan fingerprint density at radius 3 is 2.42 bits per heavy atom. The van der Waals surface area contributed by atoms with Crippen LogP contribution < -0.4 is 10.6 Å². The molecule has 0 radical (unpaired) electrons. The van der Waals surface area contributed by atoms with Crippen molar-refractivity contribution < 1.29 is 14.0 Å². The predicted molar refractivity (Wildman–Crippen MR) is 115 cm³/mol. The van der Waals surface area contributed by atoms with Crippen LogP contribution in [0.2, 0.25) is 0 Å². The third kappa shape index (κ3) is 4.85. The molecule has 0 atom stereocenters. The molecule has 1 aromatic heterocycles. The molecule has 31 heavy (non-hydrogen) atoms. The second kappa shape index (κ2) is 8.91. The molecule has 4 rings (SSSR count). The molecule has 1 heterocycles. The summed E-state index contributed by atoms with van der Waals surface area (Å²) in [6.07, 6.45) is 5.42. The van der Waals surface area contributed by atoms with E-state index in [-0.39, 0.29) is 29.4 Å². The zero-order valence-corrected chi connectivity index (χ0v) is 17.0. The van der Waals surface area contributed by atoms with Gasteiger partial charge in [0.05, 0.1) is 5.69 Å². The van der Waals surface area contributed by atoms with Gasteiger partial charge >= 0.3 is 0 Å². The summed E-state index contributed by atoms with van der Waals surface area (Å²) in [5, 5.41) is 13.9. The van der Waals surface area contributed by atoms with E-state index in [4.69, 9.17) is 0 Å². The number of rotatable bonds is 7. The summed E-state index contributed by atoms with van der Waals surface area (Å²) in [6, 6.07) is 13.1. The van der Waals surface area contributed by atoms with E-state index in [9.17, 15) is 14.0 Å². The summed E-state index contributed by atoms with van der Waals surface area (Å²) >= 11 is 0. The third-order valence-electron chi connectivity index (χ3n) is 4.85. The van der Waals surface area contributed by atoms with Gasteiger partial charge in [0.2, 0.25) is 0 Å². The summed E-state index contributed by atoms with van der Waals surface area (Å²) in [5.74, 6) is -0.763. The van der Waals surface area contributed by atoms with Gasteiger partial charge in [-0.2, -0.15) is 0 Å². The molecule has 1 aliphatic rings. The van der Waals surface area contributed by atoms with E-state index in [1.54, 1.807) is 53.2 Å². The first-order chi connectivity index (χ1) is 15.0. The van der Waals surface area contributed by atoms with Gasteiger partial charge in [0, 0.05) is 18.2 Å². The van der Waals surface area contributed by atoms with Crippen LogP contribution in [0, 0.1) is 5.82 Å². The van der Waals surface area contributed by atoms with E-state index in [2.05, 4.69) is 20.9 Å². The van der Waals surface area contributed by atoms with Crippen molar-refractivity contribution in [3.63, 3.8) is 0 Å². The Morgan fingerprint density at radius 2 is 1.77 bits per heavy atom. The smallest absolute Gasteiger partial charge is 0.274 e. The number of nitrogens with one attached hydrogen (secondary N) is 2. The summed E-state index contributed by atoms with van der Waals surface area (Å²) < 4.78 is 14.7. The molecule has 1 fully saturated rings. The number of amides is 2.